The van der Waals surface area contributed by atoms with Gasteiger partial charge in [0.05, 0.1) is 5.69 Å². The Morgan fingerprint density at radius 2 is 1.79 bits per heavy atom. The molecule has 0 atom stereocenters. The summed E-state index contributed by atoms with van der Waals surface area (Å²) in [7, 11) is 4.13. The molecule has 1 saturated carbocycles. The lowest BCUT2D eigenvalue weighted by Gasteiger charge is -2.30. The lowest BCUT2D eigenvalue weighted by Crippen LogP contribution is -2.36. The third kappa shape index (κ3) is 5.99. The van der Waals surface area contributed by atoms with E-state index in [0.29, 0.717) is 24.4 Å². The lowest BCUT2D eigenvalue weighted by atomic mass is 9.86. The van der Waals surface area contributed by atoms with Crippen LogP contribution < -0.4 is 20.9 Å². The number of aromatic nitrogens is 2. The largest absolute Gasteiger partial charge is 0.362 e. The van der Waals surface area contributed by atoms with Gasteiger partial charge < -0.3 is 20.9 Å². The molecule has 7 nitrogen and oxygen atoms in total. The average Bonchev–Trinajstić information content (AvgIpc) is 2.83. The van der Waals surface area contributed by atoms with Gasteiger partial charge >= 0.3 is 6.03 Å². The monoisotopic (exact) mass is 464 g/mol. The zero-order valence-corrected chi connectivity index (χ0v) is 21.2. The number of fused-ring (bicyclic) bond motifs is 1. The van der Waals surface area contributed by atoms with Gasteiger partial charge in [0, 0.05) is 37.9 Å². The van der Waals surface area contributed by atoms with Gasteiger partial charge in [0.2, 0.25) is 5.95 Å². The Morgan fingerprint density at radius 3 is 2.53 bits per heavy atom. The summed E-state index contributed by atoms with van der Waals surface area (Å²) >= 11 is 0. The van der Waals surface area contributed by atoms with E-state index in [1.54, 1.807) is 0 Å². The molecule has 4 rings (SSSR count). The second-order valence-electron chi connectivity index (χ2n) is 10.3. The number of aryl methyl sites for hydroxylation is 1. The zero-order chi connectivity index (χ0) is 24.1. The molecule has 0 saturated heterocycles. The number of para-hydroxylation sites is 1. The summed E-state index contributed by atoms with van der Waals surface area (Å²) < 4.78 is 0. The van der Waals surface area contributed by atoms with E-state index in [2.05, 4.69) is 54.9 Å². The van der Waals surface area contributed by atoms with Crippen molar-refractivity contribution >= 4 is 23.5 Å². The number of benzene rings is 1. The number of nitrogens with one attached hydrogen (secondary N) is 3. The summed E-state index contributed by atoms with van der Waals surface area (Å²) in [4.78, 5) is 24.3. The Hall–Kier alpha value is -2.83. The van der Waals surface area contributed by atoms with Crippen molar-refractivity contribution in [3.63, 3.8) is 0 Å². The van der Waals surface area contributed by atoms with E-state index in [1.165, 1.54) is 24.1 Å². The highest BCUT2D eigenvalue weighted by Crippen LogP contribution is 2.30. The molecule has 0 bridgehead atoms. The minimum atomic E-state index is -0.118. The van der Waals surface area contributed by atoms with Crippen LogP contribution in [0.5, 0.6) is 0 Å². The van der Waals surface area contributed by atoms with E-state index in [1.807, 2.05) is 18.2 Å². The molecule has 1 aromatic carbocycles. The number of anilines is 3. The minimum Gasteiger partial charge on any atom is -0.362 e. The predicted octanol–water partition coefficient (Wildman–Crippen LogP) is 5.34. The Morgan fingerprint density at radius 1 is 1.06 bits per heavy atom. The first kappa shape index (κ1) is 24.3. The smallest absolute Gasteiger partial charge is 0.319 e. The molecule has 2 aliphatic rings. The van der Waals surface area contributed by atoms with Gasteiger partial charge in [0.25, 0.3) is 0 Å². The molecule has 2 aromatic rings. The summed E-state index contributed by atoms with van der Waals surface area (Å²) in [6.07, 6.45) is 8.89. The molecule has 184 valence electrons. The van der Waals surface area contributed by atoms with Crippen molar-refractivity contribution in [1.29, 1.82) is 0 Å². The Labute approximate surface area is 204 Å². The van der Waals surface area contributed by atoms with Crippen molar-refractivity contribution in [3.8, 4) is 0 Å². The summed E-state index contributed by atoms with van der Waals surface area (Å²) in [6.45, 7) is 4.99. The molecule has 1 fully saturated rings. The third-order valence-electron chi connectivity index (χ3n) is 7.15. The quantitative estimate of drug-likeness (QED) is 0.515. The van der Waals surface area contributed by atoms with E-state index < -0.39 is 0 Å². The molecule has 0 spiro atoms. The number of hydrogen-bond acceptors (Lipinski definition) is 5. The Kier molecular flexibility index (Phi) is 7.91. The van der Waals surface area contributed by atoms with Crippen molar-refractivity contribution in [1.82, 2.24) is 15.3 Å². The Balaban J connectivity index is 1.26. The summed E-state index contributed by atoms with van der Waals surface area (Å²) in [6, 6.07) is 8.29. The zero-order valence-electron chi connectivity index (χ0n) is 21.2. The number of amides is 2. The predicted molar refractivity (Wildman–Crippen MR) is 140 cm³/mol. The van der Waals surface area contributed by atoms with Crippen molar-refractivity contribution in [3.05, 3.63) is 41.1 Å². The molecule has 1 heterocycles. The molecule has 34 heavy (non-hydrogen) atoms. The Bertz CT molecular complexity index is 981. The molecule has 7 heteroatoms. The van der Waals surface area contributed by atoms with Gasteiger partial charge in [-0.15, -0.1) is 0 Å². The van der Waals surface area contributed by atoms with Crippen molar-refractivity contribution < 1.29 is 4.79 Å². The first-order chi connectivity index (χ1) is 16.4. The van der Waals surface area contributed by atoms with Crippen LogP contribution in [0.2, 0.25) is 0 Å². The SMILES string of the molecule is CC(C)c1ccccc1NC(=O)NC[C@H]1CC[C@@H](Nc2nc3c(c(N(C)C)n2)CCCC3)CC1. The topological polar surface area (TPSA) is 82.2 Å². The fraction of sp³-hybridized carbons (Fsp3) is 0.593. The van der Waals surface area contributed by atoms with Crippen LogP contribution >= 0.6 is 0 Å². The number of hydrogen-bond donors (Lipinski definition) is 3. The van der Waals surface area contributed by atoms with Gasteiger partial charge in [-0.25, -0.2) is 9.78 Å². The normalized spacial score (nSPS) is 19.9. The molecular formula is C27H40N6O. The van der Waals surface area contributed by atoms with Crippen molar-refractivity contribution in [2.75, 3.05) is 36.2 Å². The second-order valence-corrected chi connectivity index (χ2v) is 10.3. The van der Waals surface area contributed by atoms with Crippen molar-refractivity contribution in [2.45, 2.75) is 77.2 Å². The highest BCUT2D eigenvalue weighted by atomic mass is 16.2. The lowest BCUT2D eigenvalue weighted by molar-refractivity contribution is 0.246. The standard InChI is InChI=1S/C27H40N6O/c1-18(2)21-9-5-7-11-23(21)31-27(34)28-17-19-13-15-20(16-14-19)29-26-30-24-12-8-6-10-22(24)25(32-26)33(3)4/h5,7,9,11,18-20H,6,8,10,12-17H2,1-4H3,(H2,28,31,34)(H,29,30,32)/t19-,20+. The van der Waals surface area contributed by atoms with Gasteiger partial charge in [-0.05, 0) is 74.8 Å². The summed E-state index contributed by atoms with van der Waals surface area (Å²) in [5, 5.41) is 9.73. The average molecular weight is 465 g/mol. The molecule has 1 aromatic heterocycles. The maximum atomic E-state index is 12.5. The van der Waals surface area contributed by atoms with E-state index in [0.717, 1.165) is 61.5 Å². The van der Waals surface area contributed by atoms with Crippen LogP contribution in [0.4, 0.5) is 22.2 Å². The van der Waals surface area contributed by atoms with Gasteiger partial charge in [0.15, 0.2) is 0 Å². The van der Waals surface area contributed by atoms with Crippen LogP contribution in [-0.2, 0) is 12.8 Å². The number of urea groups is 1. The number of nitrogens with zero attached hydrogens (tertiary/aromatic N) is 3. The van der Waals surface area contributed by atoms with Crippen LogP contribution in [0.1, 0.15) is 75.1 Å². The van der Waals surface area contributed by atoms with E-state index >= 15 is 0 Å². The maximum absolute atomic E-state index is 12.5. The van der Waals surface area contributed by atoms with Crippen LogP contribution in [0.3, 0.4) is 0 Å². The molecule has 2 amide bonds. The van der Waals surface area contributed by atoms with Gasteiger partial charge in [-0.3, -0.25) is 0 Å². The van der Waals surface area contributed by atoms with Crippen LogP contribution in [0, 0.1) is 5.92 Å². The van der Waals surface area contributed by atoms with Crippen molar-refractivity contribution in [2.24, 2.45) is 5.92 Å². The molecule has 3 N–H and O–H groups in total. The molecule has 0 radical (unpaired) electrons. The molecule has 2 aliphatic carbocycles. The van der Waals surface area contributed by atoms with Gasteiger partial charge in [-0.1, -0.05) is 32.0 Å². The fourth-order valence-corrected chi connectivity index (χ4v) is 5.22. The fourth-order valence-electron chi connectivity index (χ4n) is 5.22. The first-order valence-electron chi connectivity index (χ1n) is 12.9. The van der Waals surface area contributed by atoms with Crippen LogP contribution in [0.15, 0.2) is 24.3 Å². The molecular weight excluding hydrogens is 424 g/mol. The van der Waals surface area contributed by atoms with E-state index in [9.17, 15) is 4.79 Å². The number of carbonyl (C=O) groups excluding carboxylic acids is 1. The number of carbonyl (C=O) groups is 1. The molecule has 0 aliphatic heterocycles. The number of rotatable bonds is 7. The van der Waals surface area contributed by atoms with Crippen LogP contribution in [-0.4, -0.2) is 42.7 Å². The third-order valence-corrected chi connectivity index (χ3v) is 7.15. The molecule has 0 unspecified atom stereocenters. The summed E-state index contributed by atoms with van der Waals surface area (Å²) in [5.74, 6) is 2.71. The van der Waals surface area contributed by atoms with E-state index in [4.69, 9.17) is 9.97 Å². The highest BCUT2D eigenvalue weighted by molar-refractivity contribution is 5.90. The van der Waals surface area contributed by atoms with E-state index in [-0.39, 0.29) is 6.03 Å². The maximum Gasteiger partial charge on any atom is 0.319 e. The van der Waals surface area contributed by atoms with Gasteiger partial charge in [0.1, 0.15) is 5.82 Å². The second kappa shape index (κ2) is 11.1. The summed E-state index contributed by atoms with van der Waals surface area (Å²) in [5.41, 5.74) is 4.59. The highest BCUT2D eigenvalue weighted by Gasteiger charge is 2.24. The van der Waals surface area contributed by atoms with Crippen LogP contribution in [0.25, 0.3) is 0 Å². The van der Waals surface area contributed by atoms with Gasteiger partial charge in [-0.2, -0.15) is 4.98 Å². The minimum absolute atomic E-state index is 0.118. The first-order valence-corrected chi connectivity index (χ1v) is 12.9.